The zero-order valence-electron chi connectivity index (χ0n) is 9.25. The van der Waals surface area contributed by atoms with Crippen molar-refractivity contribution < 1.29 is 20.4 Å². The Hall–Kier alpha value is -0.0301. The Balaban J connectivity index is -0.0000000625. The van der Waals surface area contributed by atoms with Crippen molar-refractivity contribution in [2.24, 2.45) is 0 Å². The molecule has 0 rings (SSSR count). The van der Waals surface area contributed by atoms with Crippen molar-refractivity contribution in [1.82, 2.24) is 0 Å². The summed E-state index contributed by atoms with van der Waals surface area (Å²) in [5, 5.41) is 33.5. The van der Waals surface area contributed by atoms with Gasteiger partial charge in [-0.3, -0.25) is 0 Å². The molecule has 14 heavy (non-hydrogen) atoms. The Morgan fingerprint density at radius 1 is 0.500 bits per heavy atom. The number of hydrogen-bond acceptors (Lipinski definition) is 4. The normalized spacial score (nSPS) is 17.1. The molecule has 0 aromatic rings. The van der Waals surface area contributed by atoms with Crippen molar-refractivity contribution in [2.75, 3.05) is 0 Å². The molecule has 4 atom stereocenters. The maximum atomic E-state index is 8.38. The number of hydrogen-bond donors (Lipinski definition) is 4. The first kappa shape index (κ1) is 23.6. The highest BCUT2D eigenvalue weighted by Gasteiger charge is 2.00. The molecule has 6 heteroatoms. The maximum absolute atomic E-state index is 8.38. The summed E-state index contributed by atoms with van der Waals surface area (Å²) in [6.45, 7) is 6.19. The Labute approximate surface area is 90.1 Å². The second-order valence-electron chi connectivity index (χ2n) is 2.96. The van der Waals surface area contributed by atoms with E-state index in [0.717, 1.165) is 0 Å². The van der Waals surface area contributed by atoms with Gasteiger partial charge in [-0.15, -0.1) is 0 Å². The standard InChI is InChI=1S/2C4H10O2.2B/c2*1-3(5)4(2)6;;/h2*3-6H,1-2H3;;. The fourth-order valence-electron chi connectivity index (χ4n) is 0. The van der Waals surface area contributed by atoms with Crippen LogP contribution in [-0.4, -0.2) is 61.7 Å². The summed E-state index contributed by atoms with van der Waals surface area (Å²) in [6.07, 6.45) is -2.37. The summed E-state index contributed by atoms with van der Waals surface area (Å²) in [5.41, 5.74) is 0. The van der Waals surface area contributed by atoms with Gasteiger partial charge in [-0.05, 0) is 27.7 Å². The molecular weight excluding hydrogens is 182 g/mol. The first-order valence-corrected chi connectivity index (χ1v) is 4.01. The minimum atomic E-state index is -0.593. The summed E-state index contributed by atoms with van der Waals surface area (Å²) < 4.78 is 0. The molecule has 0 aliphatic heterocycles. The quantitative estimate of drug-likeness (QED) is 0.421. The lowest BCUT2D eigenvalue weighted by Crippen LogP contribution is -2.17. The first-order chi connectivity index (χ1) is 5.29. The van der Waals surface area contributed by atoms with Gasteiger partial charge < -0.3 is 20.4 Å². The number of aliphatic hydroxyl groups excluding tert-OH is 4. The molecule has 4 unspecified atom stereocenters. The van der Waals surface area contributed by atoms with Gasteiger partial charge >= 0.3 is 0 Å². The predicted molar refractivity (Wildman–Crippen MR) is 58.2 cm³/mol. The maximum Gasteiger partial charge on any atom is 0.0768 e. The Bertz CT molecular complexity index is 73.3. The molecule has 0 saturated heterocycles. The van der Waals surface area contributed by atoms with E-state index in [9.17, 15) is 0 Å². The average molecular weight is 202 g/mol. The van der Waals surface area contributed by atoms with Crippen molar-refractivity contribution in [1.29, 1.82) is 0 Å². The summed E-state index contributed by atoms with van der Waals surface area (Å²) in [5.74, 6) is 0. The molecule has 0 amide bonds. The molecule has 6 radical (unpaired) electrons. The van der Waals surface area contributed by atoms with Crippen molar-refractivity contribution in [3.8, 4) is 0 Å². The van der Waals surface area contributed by atoms with E-state index in [2.05, 4.69) is 0 Å². The molecule has 0 spiro atoms. The second kappa shape index (κ2) is 13.0. The van der Waals surface area contributed by atoms with Gasteiger partial charge in [0.2, 0.25) is 0 Å². The number of aliphatic hydroxyl groups is 4. The van der Waals surface area contributed by atoms with Gasteiger partial charge in [-0.1, -0.05) is 0 Å². The monoisotopic (exact) mass is 202 g/mol. The minimum absolute atomic E-state index is 0. The van der Waals surface area contributed by atoms with Crippen molar-refractivity contribution in [3.63, 3.8) is 0 Å². The molecule has 4 N–H and O–H groups in total. The summed E-state index contributed by atoms with van der Waals surface area (Å²) >= 11 is 0. The van der Waals surface area contributed by atoms with Crippen LogP contribution >= 0.6 is 0 Å². The van der Waals surface area contributed by atoms with Crippen molar-refractivity contribution in [3.05, 3.63) is 0 Å². The summed E-state index contributed by atoms with van der Waals surface area (Å²) in [7, 11) is 0. The molecule has 0 fully saturated rings. The van der Waals surface area contributed by atoms with Crippen LogP contribution in [0.2, 0.25) is 0 Å². The number of rotatable bonds is 2. The average Bonchev–Trinajstić information content (AvgIpc) is 1.88. The fraction of sp³-hybridized carbons (Fsp3) is 1.00. The molecule has 0 aliphatic carbocycles. The molecule has 0 bridgehead atoms. The molecule has 0 aromatic carbocycles. The fourth-order valence-corrected chi connectivity index (χ4v) is 0. The molecule has 0 aliphatic rings. The van der Waals surface area contributed by atoms with Crippen LogP contribution in [0.3, 0.4) is 0 Å². The molecule has 0 heterocycles. The van der Waals surface area contributed by atoms with E-state index in [1.54, 1.807) is 27.7 Å². The van der Waals surface area contributed by atoms with E-state index in [0.29, 0.717) is 0 Å². The van der Waals surface area contributed by atoms with E-state index in [4.69, 9.17) is 20.4 Å². The van der Waals surface area contributed by atoms with E-state index in [1.807, 2.05) is 0 Å². The molecule has 0 saturated carbocycles. The van der Waals surface area contributed by atoms with E-state index < -0.39 is 24.4 Å². The molecule has 82 valence electrons. The predicted octanol–water partition coefficient (Wildman–Crippen LogP) is -1.27. The smallest absolute Gasteiger partial charge is 0.0768 e. The lowest BCUT2D eigenvalue weighted by Gasteiger charge is -2.03. The van der Waals surface area contributed by atoms with Crippen LogP contribution in [-0.2, 0) is 0 Å². The highest BCUT2D eigenvalue weighted by molar-refractivity contribution is 5.76. The van der Waals surface area contributed by atoms with Gasteiger partial charge in [-0.25, -0.2) is 0 Å². The highest BCUT2D eigenvalue weighted by Crippen LogP contribution is 1.86. The van der Waals surface area contributed by atoms with Crippen LogP contribution in [0.25, 0.3) is 0 Å². The van der Waals surface area contributed by atoms with Crippen LogP contribution in [0.15, 0.2) is 0 Å². The van der Waals surface area contributed by atoms with Crippen molar-refractivity contribution >= 4 is 16.8 Å². The van der Waals surface area contributed by atoms with Gasteiger partial charge in [-0.2, -0.15) is 0 Å². The van der Waals surface area contributed by atoms with Gasteiger partial charge in [0, 0.05) is 16.8 Å². The summed E-state index contributed by atoms with van der Waals surface area (Å²) in [6, 6.07) is 0. The minimum Gasteiger partial charge on any atom is -0.391 e. The second-order valence-corrected chi connectivity index (χ2v) is 2.96. The lowest BCUT2D eigenvalue weighted by molar-refractivity contribution is 0.0438. The third-order valence-electron chi connectivity index (χ3n) is 1.40. The zero-order chi connectivity index (χ0) is 10.3. The highest BCUT2D eigenvalue weighted by atomic mass is 16.3. The Kier molecular flexibility index (Phi) is 21.9. The largest absolute Gasteiger partial charge is 0.391 e. The molecule has 0 aromatic heterocycles. The lowest BCUT2D eigenvalue weighted by atomic mass is 10.3. The SMILES string of the molecule is CC(O)C(C)O.CC(O)C(C)O.[B].[B]. The third-order valence-corrected chi connectivity index (χ3v) is 1.40. The zero-order valence-corrected chi connectivity index (χ0v) is 9.25. The van der Waals surface area contributed by atoms with E-state index in [1.165, 1.54) is 0 Å². The van der Waals surface area contributed by atoms with Crippen molar-refractivity contribution in [2.45, 2.75) is 52.1 Å². The third kappa shape index (κ3) is 22.7. The van der Waals surface area contributed by atoms with Crippen LogP contribution in [0.4, 0.5) is 0 Å². The van der Waals surface area contributed by atoms with Gasteiger partial charge in [0.05, 0.1) is 24.4 Å². The summed E-state index contributed by atoms with van der Waals surface area (Å²) in [4.78, 5) is 0. The van der Waals surface area contributed by atoms with E-state index in [-0.39, 0.29) is 16.8 Å². The van der Waals surface area contributed by atoms with Gasteiger partial charge in [0.1, 0.15) is 0 Å². The molecule has 4 nitrogen and oxygen atoms in total. The van der Waals surface area contributed by atoms with Crippen LogP contribution in [0.5, 0.6) is 0 Å². The van der Waals surface area contributed by atoms with Crippen LogP contribution < -0.4 is 0 Å². The van der Waals surface area contributed by atoms with Crippen LogP contribution in [0, 0.1) is 0 Å². The van der Waals surface area contributed by atoms with Gasteiger partial charge in [0.25, 0.3) is 0 Å². The van der Waals surface area contributed by atoms with E-state index >= 15 is 0 Å². The molecular formula is C8H20B2O4. The Morgan fingerprint density at radius 2 is 0.571 bits per heavy atom. The van der Waals surface area contributed by atoms with Crippen LogP contribution in [0.1, 0.15) is 27.7 Å². The Morgan fingerprint density at radius 3 is 0.571 bits per heavy atom. The first-order valence-electron chi connectivity index (χ1n) is 4.01. The topological polar surface area (TPSA) is 80.9 Å². The van der Waals surface area contributed by atoms with Gasteiger partial charge in [0.15, 0.2) is 0 Å².